The van der Waals surface area contributed by atoms with Crippen LogP contribution >= 0.6 is 0 Å². The van der Waals surface area contributed by atoms with E-state index < -0.39 is 0 Å². The molecule has 0 aliphatic heterocycles. The average molecular weight is 252 g/mol. The summed E-state index contributed by atoms with van der Waals surface area (Å²) in [5.74, 6) is 1.03. The predicted octanol–water partition coefficient (Wildman–Crippen LogP) is 3.67. The Morgan fingerprint density at radius 3 is 2.39 bits per heavy atom. The predicted molar refractivity (Wildman–Crippen MR) is 75.8 cm³/mol. The second-order valence-corrected chi connectivity index (χ2v) is 5.46. The van der Waals surface area contributed by atoms with Gasteiger partial charge in [-0.3, -0.25) is 4.68 Å². The highest BCUT2D eigenvalue weighted by Gasteiger charge is 2.33. The molecule has 2 rings (SSSR count). The minimum absolute atomic E-state index is 0.129. The highest BCUT2D eigenvalue weighted by molar-refractivity contribution is 5.17. The highest BCUT2D eigenvalue weighted by Crippen LogP contribution is 2.40. The number of aromatic nitrogens is 2. The van der Waals surface area contributed by atoms with Crippen LogP contribution in [0.3, 0.4) is 0 Å². The van der Waals surface area contributed by atoms with Crippen LogP contribution < -0.4 is 0 Å². The number of rotatable bonds is 2. The maximum Gasteiger partial charge on any atom is 0.0596 e. The minimum atomic E-state index is -0.129. The van der Waals surface area contributed by atoms with Crippen molar-refractivity contribution in [1.29, 1.82) is 0 Å². The average Bonchev–Trinajstić information content (AvgIpc) is 2.84. The standard InChI is InChI=1S/C13H22N2O.C2H6/c1-8(2)15-13(6-10(4)14-15)12-7-11(16)5-9(12)3;1-2/h6,8-9,11-12,16H,5,7H2,1-4H3;1-2H3. The molecule has 3 unspecified atom stereocenters. The zero-order valence-corrected chi connectivity index (χ0v) is 12.6. The molecule has 18 heavy (non-hydrogen) atoms. The van der Waals surface area contributed by atoms with Gasteiger partial charge < -0.3 is 5.11 Å². The third-order valence-corrected chi connectivity index (χ3v) is 3.61. The van der Waals surface area contributed by atoms with Gasteiger partial charge in [0.1, 0.15) is 0 Å². The maximum absolute atomic E-state index is 9.74. The molecule has 0 radical (unpaired) electrons. The fourth-order valence-electron chi connectivity index (χ4n) is 2.85. The van der Waals surface area contributed by atoms with Gasteiger partial charge in [-0.2, -0.15) is 5.10 Å². The van der Waals surface area contributed by atoms with E-state index in [9.17, 15) is 5.11 Å². The second-order valence-electron chi connectivity index (χ2n) is 5.46. The SMILES string of the molecule is CC.Cc1cc(C2CC(O)CC2C)n(C(C)C)n1. The first-order valence-corrected chi connectivity index (χ1v) is 7.23. The lowest BCUT2D eigenvalue weighted by Crippen LogP contribution is -2.13. The fraction of sp³-hybridized carbons (Fsp3) is 0.800. The van der Waals surface area contributed by atoms with Crippen molar-refractivity contribution in [3.05, 3.63) is 17.5 Å². The van der Waals surface area contributed by atoms with Crippen LogP contribution in [0.5, 0.6) is 0 Å². The number of hydrogen-bond acceptors (Lipinski definition) is 2. The lowest BCUT2D eigenvalue weighted by Gasteiger charge is -2.19. The van der Waals surface area contributed by atoms with Gasteiger partial charge >= 0.3 is 0 Å². The minimum Gasteiger partial charge on any atom is -0.393 e. The second kappa shape index (κ2) is 6.37. The summed E-state index contributed by atoms with van der Waals surface area (Å²) < 4.78 is 2.12. The summed E-state index contributed by atoms with van der Waals surface area (Å²) in [6.07, 6.45) is 1.68. The molecule has 0 spiro atoms. The molecule has 0 aromatic carbocycles. The van der Waals surface area contributed by atoms with Crippen molar-refractivity contribution < 1.29 is 5.11 Å². The normalized spacial score (nSPS) is 27.2. The molecule has 104 valence electrons. The Labute approximate surface area is 111 Å². The van der Waals surface area contributed by atoms with E-state index in [1.165, 1.54) is 5.69 Å². The molecule has 1 heterocycles. The number of aryl methyl sites for hydroxylation is 1. The van der Waals surface area contributed by atoms with E-state index in [0.717, 1.165) is 18.5 Å². The molecule has 0 saturated heterocycles. The Balaban J connectivity index is 0.000000771. The summed E-state index contributed by atoms with van der Waals surface area (Å²) in [4.78, 5) is 0. The Morgan fingerprint density at radius 2 is 1.94 bits per heavy atom. The molecule has 0 bridgehead atoms. The molecule has 1 aromatic heterocycles. The van der Waals surface area contributed by atoms with Crippen LogP contribution in [0.15, 0.2) is 6.07 Å². The quantitative estimate of drug-likeness (QED) is 0.872. The number of aliphatic hydroxyl groups is 1. The maximum atomic E-state index is 9.74. The first kappa shape index (κ1) is 15.2. The summed E-state index contributed by atoms with van der Waals surface area (Å²) in [6, 6.07) is 2.58. The largest absolute Gasteiger partial charge is 0.393 e. The van der Waals surface area contributed by atoms with Gasteiger partial charge in [0.2, 0.25) is 0 Å². The van der Waals surface area contributed by atoms with Crippen LogP contribution in [0.25, 0.3) is 0 Å². The summed E-state index contributed by atoms with van der Waals surface area (Å²) in [5.41, 5.74) is 2.38. The van der Waals surface area contributed by atoms with E-state index in [4.69, 9.17) is 0 Å². The molecule has 1 saturated carbocycles. The zero-order valence-electron chi connectivity index (χ0n) is 12.6. The molecule has 3 heteroatoms. The van der Waals surface area contributed by atoms with Gasteiger partial charge in [-0.15, -0.1) is 0 Å². The van der Waals surface area contributed by atoms with Gasteiger partial charge in [0, 0.05) is 17.7 Å². The van der Waals surface area contributed by atoms with Crippen LogP contribution in [-0.2, 0) is 0 Å². The van der Waals surface area contributed by atoms with Gasteiger partial charge in [-0.1, -0.05) is 20.8 Å². The topological polar surface area (TPSA) is 38.0 Å². The van der Waals surface area contributed by atoms with E-state index in [-0.39, 0.29) is 6.10 Å². The smallest absolute Gasteiger partial charge is 0.0596 e. The molecule has 3 nitrogen and oxygen atoms in total. The Morgan fingerprint density at radius 1 is 1.33 bits per heavy atom. The van der Waals surface area contributed by atoms with Crippen molar-refractivity contribution in [1.82, 2.24) is 9.78 Å². The lowest BCUT2D eigenvalue weighted by atomic mass is 9.94. The summed E-state index contributed by atoms with van der Waals surface area (Å²) in [5, 5.41) is 14.3. The van der Waals surface area contributed by atoms with Gasteiger partial charge in [-0.05, 0) is 45.6 Å². The van der Waals surface area contributed by atoms with Crippen molar-refractivity contribution in [2.75, 3.05) is 0 Å². The van der Waals surface area contributed by atoms with Gasteiger partial charge in [0.25, 0.3) is 0 Å². The molecule has 1 aliphatic carbocycles. The molecular weight excluding hydrogens is 224 g/mol. The number of hydrogen-bond donors (Lipinski definition) is 1. The Hall–Kier alpha value is -0.830. The molecule has 3 atom stereocenters. The van der Waals surface area contributed by atoms with E-state index in [0.29, 0.717) is 17.9 Å². The van der Waals surface area contributed by atoms with Crippen LogP contribution in [0, 0.1) is 12.8 Å². The number of nitrogens with zero attached hydrogens (tertiary/aromatic N) is 2. The highest BCUT2D eigenvalue weighted by atomic mass is 16.3. The molecule has 1 N–H and O–H groups in total. The molecule has 1 aromatic rings. The van der Waals surface area contributed by atoms with Crippen molar-refractivity contribution in [2.45, 2.75) is 72.4 Å². The first-order chi connectivity index (χ1) is 8.49. The Kier molecular flexibility index (Phi) is 5.39. The van der Waals surface area contributed by atoms with Crippen LogP contribution in [0.1, 0.15) is 70.8 Å². The Bertz CT molecular complexity index is 371. The van der Waals surface area contributed by atoms with Crippen LogP contribution in [0.2, 0.25) is 0 Å². The third kappa shape index (κ3) is 3.14. The molecule has 1 aliphatic rings. The van der Waals surface area contributed by atoms with E-state index >= 15 is 0 Å². The molecular formula is C15H28N2O. The summed E-state index contributed by atoms with van der Waals surface area (Å²) in [7, 11) is 0. The van der Waals surface area contributed by atoms with Gasteiger partial charge in [-0.25, -0.2) is 0 Å². The number of aliphatic hydroxyl groups excluding tert-OH is 1. The van der Waals surface area contributed by atoms with E-state index in [2.05, 4.69) is 36.6 Å². The first-order valence-electron chi connectivity index (χ1n) is 7.23. The van der Waals surface area contributed by atoms with E-state index in [1.807, 2.05) is 20.8 Å². The van der Waals surface area contributed by atoms with Crippen molar-refractivity contribution in [3.63, 3.8) is 0 Å². The van der Waals surface area contributed by atoms with Crippen molar-refractivity contribution in [3.8, 4) is 0 Å². The lowest BCUT2D eigenvalue weighted by molar-refractivity contribution is 0.177. The van der Waals surface area contributed by atoms with E-state index in [1.54, 1.807) is 0 Å². The summed E-state index contributed by atoms with van der Waals surface area (Å²) >= 11 is 0. The van der Waals surface area contributed by atoms with Crippen LogP contribution in [0.4, 0.5) is 0 Å². The monoisotopic (exact) mass is 252 g/mol. The van der Waals surface area contributed by atoms with Gasteiger partial charge in [0.05, 0.1) is 11.8 Å². The van der Waals surface area contributed by atoms with Crippen LogP contribution in [-0.4, -0.2) is 21.0 Å². The van der Waals surface area contributed by atoms with Crippen molar-refractivity contribution in [2.24, 2.45) is 5.92 Å². The third-order valence-electron chi connectivity index (χ3n) is 3.61. The molecule has 0 amide bonds. The van der Waals surface area contributed by atoms with Crippen molar-refractivity contribution >= 4 is 0 Å². The van der Waals surface area contributed by atoms with Gasteiger partial charge in [0.15, 0.2) is 0 Å². The summed E-state index contributed by atoms with van der Waals surface area (Å²) in [6.45, 7) is 12.6. The zero-order chi connectivity index (χ0) is 13.9. The fourth-order valence-corrected chi connectivity index (χ4v) is 2.85. The molecule has 1 fully saturated rings.